The van der Waals surface area contributed by atoms with E-state index in [1.165, 1.54) is 35.4 Å². The number of benzene rings is 2. The number of aliphatic hydroxyl groups is 1. The topological polar surface area (TPSA) is 125 Å². The monoisotopic (exact) mass is 382 g/mol. The molecule has 1 aliphatic heterocycles. The lowest BCUT2D eigenvalue weighted by atomic mass is 10.3. The fourth-order valence-electron chi connectivity index (χ4n) is 2.18. The van der Waals surface area contributed by atoms with E-state index >= 15 is 0 Å². The number of sulfonamides is 1. The van der Waals surface area contributed by atoms with Crippen LogP contribution in [0.1, 0.15) is 0 Å². The molecule has 0 unspecified atom stereocenters. The van der Waals surface area contributed by atoms with Crippen molar-refractivity contribution in [3.63, 3.8) is 0 Å². The Labute approximate surface area is 147 Å². The van der Waals surface area contributed by atoms with Gasteiger partial charge in [-0.25, -0.2) is 13.9 Å². The maximum atomic E-state index is 12.4. The fourth-order valence-corrected chi connectivity index (χ4v) is 4.46. The molecule has 0 bridgehead atoms. The number of amides is 1. The smallest absolute Gasteiger partial charge is 0.263 e. The number of carbonyl (C=O) groups is 1. The second-order valence-electron chi connectivity index (χ2n) is 5.09. The molecule has 1 aliphatic rings. The summed E-state index contributed by atoms with van der Waals surface area (Å²) in [6.45, 7) is -0.804. The first-order valence-electron chi connectivity index (χ1n) is 7.10. The maximum absolute atomic E-state index is 12.4. The average Bonchev–Trinajstić information content (AvgIpc) is 2.63. The normalized spacial score (nSPS) is 14.0. The number of hydrogen-bond donors (Lipinski definition) is 4. The molecule has 3 rings (SSSR count). The highest BCUT2D eigenvalue weighted by molar-refractivity contribution is 7.99. The van der Waals surface area contributed by atoms with Gasteiger partial charge in [0.2, 0.25) is 10.0 Å². The first-order valence-corrected chi connectivity index (χ1v) is 9.40. The summed E-state index contributed by atoms with van der Waals surface area (Å²) in [6, 6.07) is 10.1. The van der Waals surface area contributed by atoms with Gasteiger partial charge in [0.05, 0.1) is 21.3 Å². The summed E-state index contributed by atoms with van der Waals surface area (Å²) in [7, 11) is -4.09. The van der Waals surface area contributed by atoms with Crippen LogP contribution in [0.25, 0.3) is 0 Å². The minimum absolute atomic E-state index is 0.0917. The number of hydrogen-bond acceptors (Lipinski definition) is 7. The van der Waals surface area contributed by atoms with Gasteiger partial charge in [-0.1, -0.05) is 23.9 Å². The molecule has 0 fully saturated rings. The second kappa shape index (κ2) is 7.02. The third-order valence-electron chi connectivity index (χ3n) is 3.42. The summed E-state index contributed by atoms with van der Waals surface area (Å²) in [5.41, 5.74) is 1.30. The van der Waals surface area contributed by atoms with E-state index in [0.717, 1.165) is 4.90 Å². The predicted octanol–water partition coefficient (Wildman–Crippen LogP) is 1.09. The standard InChI is InChI=1S/C15H14N2O6S2/c18-8-10(15(19)16-20)17-25(21,22)9-5-6-12-14(7-9)24-13-4-2-1-3-11(13)23-12/h1-7,10,17-18,20H,8H2,(H,16,19)/t10-/m1/s1. The molecule has 0 saturated heterocycles. The van der Waals surface area contributed by atoms with Crippen molar-refractivity contribution in [1.82, 2.24) is 10.2 Å². The minimum atomic E-state index is -4.09. The highest BCUT2D eigenvalue weighted by Crippen LogP contribution is 2.47. The van der Waals surface area contributed by atoms with Crippen LogP contribution in [0.15, 0.2) is 57.2 Å². The van der Waals surface area contributed by atoms with Crippen LogP contribution in [0.2, 0.25) is 0 Å². The number of aliphatic hydroxyl groups excluding tert-OH is 1. The Bertz CT molecular complexity index is 916. The molecule has 1 heterocycles. The van der Waals surface area contributed by atoms with E-state index in [1.54, 1.807) is 0 Å². The van der Waals surface area contributed by atoms with Crippen molar-refractivity contribution in [2.24, 2.45) is 0 Å². The Balaban J connectivity index is 1.88. The Kier molecular flexibility index (Phi) is 4.97. The van der Waals surface area contributed by atoms with Crippen molar-refractivity contribution in [2.75, 3.05) is 6.61 Å². The molecule has 8 nitrogen and oxygen atoms in total. The van der Waals surface area contributed by atoms with Gasteiger partial charge in [-0.05, 0) is 30.3 Å². The van der Waals surface area contributed by atoms with Gasteiger partial charge in [0, 0.05) is 0 Å². The molecule has 10 heteroatoms. The average molecular weight is 382 g/mol. The zero-order valence-corrected chi connectivity index (χ0v) is 14.3. The summed E-state index contributed by atoms with van der Waals surface area (Å²) in [5.74, 6) is 0.152. The summed E-state index contributed by atoms with van der Waals surface area (Å²) in [6.07, 6.45) is 0. The maximum Gasteiger partial charge on any atom is 0.263 e. The molecule has 0 saturated carbocycles. The Morgan fingerprint density at radius 1 is 1.16 bits per heavy atom. The highest BCUT2D eigenvalue weighted by Gasteiger charge is 2.27. The van der Waals surface area contributed by atoms with Crippen LogP contribution in [0.4, 0.5) is 0 Å². The zero-order valence-electron chi connectivity index (χ0n) is 12.7. The number of carbonyl (C=O) groups excluding carboxylic acids is 1. The first kappa shape index (κ1) is 17.7. The Morgan fingerprint density at radius 3 is 2.60 bits per heavy atom. The van der Waals surface area contributed by atoms with Crippen LogP contribution >= 0.6 is 11.8 Å². The van der Waals surface area contributed by atoms with E-state index in [9.17, 15) is 13.2 Å². The highest BCUT2D eigenvalue weighted by atomic mass is 32.2. The van der Waals surface area contributed by atoms with Crippen molar-refractivity contribution < 1.29 is 28.3 Å². The molecular weight excluding hydrogens is 368 g/mol. The number of hydroxylamine groups is 1. The third-order valence-corrected chi connectivity index (χ3v) is 5.99. The summed E-state index contributed by atoms with van der Waals surface area (Å²) in [5, 5.41) is 17.7. The molecular formula is C15H14N2O6S2. The molecule has 132 valence electrons. The number of fused-ring (bicyclic) bond motifs is 2. The van der Waals surface area contributed by atoms with Gasteiger partial charge in [-0.2, -0.15) is 4.72 Å². The predicted molar refractivity (Wildman–Crippen MR) is 88.2 cm³/mol. The summed E-state index contributed by atoms with van der Waals surface area (Å²) < 4.78 is 32.6. The molecule has 2 aromatic rings. The molecule has 1 atom stereocenters. The van der Waals surface area contributed by atoms with E-state index in [0.29, 0.717) is 16.4 Å². The van der Waals surface area contributed by atoms with Crippen molar-refractivity contribution in [1.29, 1.82) is 0 Å². The van der Waals surface area contributed by atoms with Crippen molar-refractivity contribution in [3.8, 4) is 11.5 Å². The van der Waals surface area contributed by atoms with Crippen molar-refractivity contribution in [2.45, 2.75) is 20.7 Å². The van der Waals surface area contributed by atoms with E-state index < -0.39 is 28.6 Å². The van der Waals surface area contributed by atoms with Gasteiger partial charge in [-0.15, -0.1) is 0 Å². The van der Waals surface area contributed by atoms with Gasteiger partial charge in [0.15, 0.2) is 0 Å². The minimum Gasteiger partial charge on any atom is -0.455 e. The van der Waals surface area contributed by atoms with Gasteiger partial charge < -0.3 is 9.84 Å². The number of ether oxygens (including phenoxy) is 1. The number of rotatable bonds is 5. The van der Waals surface area contributed by atoms with Crippen molar-refractivity contribution >= 4 is 27.7 Å². The quantitative estimate of drug-likeness (QED) is 0.384. The Hall–Kier alpha value is -2.11. The van der Waals surface area contributed by atoms with Gasteiger partial charge in [-0.3, -0.25) is 10.0 Å². The SMILES string of the molecule is O=C(NO)[C@@H](CO)NS(=O)(=O)c1ccc2c(c1)Sc1ccccc1O2. The molecule has 0 radical (unpaired) electrons. The van der Waals surface area contributed by atoms with Crippen LogP contribution < -0.4 is 14.9 Å². The second-order valence-corrected chi connectivity index (χ2v) is 7.89. The number of nitrogens with one attached hydrogen (secondary N) is 2. The summed E-state index contributed by atoms with van der Waals surface area (Å²) in [4.78, 5) is 12.7. The van der Waals surface area contributed by atoms with Crippen LogP contribution in [-0.4, -0.2) is 37.3 Å². The fraction of sp³-hybridized carbons (Fsp3) is 0.133. The zero-order chi connectivity index (χ0) is 18.0. The van der Waals surface area contributed by atoms with Crippen LogP contribution in [-0.2, 0) is 14.8 Å². The van der Waals surface area contributed by atoms with Crippen LogP contribution in [0.3, 0.4) is 0 Å². The van der Waals surface area contributed by atoms with E-state index in [2.05, 4.69) is 0 Å². The number of para-hydroxylation sites is 1. The lowest BCUT2D eigenvalue weighted by Gasteiger charge is -2.20. The van der Waals surface area contributed by atoms with E-state index in [1.807, 2.05) is 29.0 Å². The van der Waals surface area contributed by atoms with Crippen LogP contribution in [0.5, 0.6) is 11.5 Å². The third kappa shape index (κ3) is 3.62. The first-order chi connectivity index (χ1) is 11.9. The lowest BCUT2D eigenvalue weighted by Crippen LogP contribution is -2.47. The molecule has 1 amide bonds. The molecule has 2 aromatic carbocycles. The molecule has 0 aliphatic carbocycles. The molecule has 4 N–H and O–H groups in total. The molecule has 0 aromatic heterocycles. The van der Waals surface area contributed by atoms with E-state index in [-0.39, 0.29) is 4.90 Å². The lowest BCUT2D eigenvalue weighted by molar-refractivity contribution is -0.131. The van der Waals surface area contributed by atoms with Crippen molar-refractivity contribution in [3.05, 3.63) is 42.5 Å². The van der Waals surface area contributed by atoms with E-state index in [4.69, 9.17) is 15.1 Å². The largest absolute Gasteiger partial charge is 0.455 e. The van der Waals surface area contributed by atoms with Gasteiger partial charge in [0.25, 0.3) is 5.91 Å². The molecule has 25 heavy (non-hydrogen) atoms. The summed E-state index contributed by atoms with van der Waals surface area (Å²) >= 11 is 1.36. The van der Waals surface area contributed by atoms with Crippen LogP contribution in [0, 0.1) is 0 Å². The molecule has 0 spiro atoms. The Morgan fingerprint density at radius 2 is 1.88 bits per heavy atom. The van der Waals surface area contributed by atoms with Gasteiger partial charge >= 0.3 is 0 Å². The van der Waals surface area contributed by atoms with Gasteiger partial charge in [0.1, 0.15) is 17.5 Å².